The van der Waals surface area contributed by atoms with Crippen LogP contribution in [0.5, 0.6) is 0 Å². The summed E-state index contributed by atoms with van der Waals surface area (Å²) in [6.45, 7) is 4.55. The number of hydrogen-bond donors (Lipinski definition) is 1. The zero-order valence-electron chi connectivity index (χ0n) is 16.9. The highest BCUT2D eigenvalue weighted by Crippen LogP contribution is 2.26. The third-order valence-electron chi connectivity index (χ3n) is 5.29. The van der Waals surface area contributed by atoms with Crippen molar-refractivity contribution >= 4 is 5.91 Å². The summed E-state index contributed by atoms with van der Waals surface area (Å²) < 4.78 is 3.85. The zero-order valence-corrected chi connectivity index (χ0v) is 16.9. The van der Waals surface area contributed by atoms with Crippen LogP contribution in [0, 0.1) is 13.8 Å². The number of carbonyl (C=O) groups is 1. The summed E-state index contributed by atoms with van der Waals surface area (Å²) in [7, 11) is 2.00. The molecular formula is C24H24N4O. The van der Waals surface area contributed by atoms with Crippen molar-refractivity contribution in [1.82, 2.24) is 19.7 Å². The lowest BCUT2D eigenvalue weighted by molar-refractivity contribution is 0.0950. The van der Waals surface area contributed by atoms with Crippen molar-refractivity contribution in [3.63, 3.8) is 0 Å². The van der Waals surface area contributed by atoms with Crippen LogP contribution in [0.3, 0.4) is 0 Å². The van der Waals surface area contributed by atoms with Gasteiger partial charge >= 0.3 is 0 Å². The van der Waals surface area contributed by atoms with Gasteiger partial charge in [-0.25, -0.2) is 4.68 Å². The molecule has 0 spiro atoms. The number of aryl methyl sites for hydroxylation is 2. The van der Waals surface area contributed by atoms with Gasteiger partial charge in [0.25, 0.3) is 5.91 Å². The first kappa shape index (κ1) is 18.7. The van der Waals surface area contributed by atoms with Crippen molar-refractivity contribution in [3.8, 4) is 16.9 Å². The Morgan fingerprint density at radius 1 is 0.966 bits per heavy atom. The number of benzene rings is 2. The van der Waals surface area contributed by atoms with Crippen molar-refractivity contribution in [1.29, 1.82) is 0 Å². The number of nitrogens with zero attached hydrogens (tertiary/aromatic N) is 3. The van der Waals surface area contributed by atoms with E-state index in [4.69, 9.17) is 5.10 Å². The van der Waals surface area contributed by atoms with Gasteiger partial charge in [-0.1, -0.05) is 42.5 Å². The van der Waals surface area contributed by atoms with E-state index in [2.05, 4.69) is 9.88 Å². The number of carbonyl (C=O) groups excluding carboxylic acids is 1. The van der Waals surface area contributed by atoms with Crippen LogP contribution in [0.4, 0.5) is 0 Å². The third kappa shape index (κ3) is 3.72. The van der Waals surface area contributed by atoms with Gasteiger partial charge in [-0.3, -0.25) is 4.79 Å². The number of aromatic nitrogens is 3. The van der Waals surface area contributed by atoms with Gasteiger partial charge in [0.2, 0.25) is 0 Å². The van der Waals surface area contributed by atoms with Crippen LogP contribution in [-0.4, -0.2) is 20.3 Å². The van der Waals surface area contributed by atoms with Gasteiger partial charge in [0.1, 0.15) is 5.69 Å². The molecule has 4 rings (SSSR count). The molecule has 2 aromatic carbocycles. The first-order valence-electron chi connectivity index (χ1n) is 9.65. The summed E-state index contributed by atoms with van der Waals surface area (Å²) in [5.41, 5.74) is 6.43. The van der Waals surface area contributed by atoms with Crippen molar-refractivity contribution in [2.24, 2.45) is 7.05 Å². The predicted octanol–water partition coefficient (Wildman–Crippen LogP) is 4.42. The SMILES string of the molecule is Cc1ccccc1-c1nn(-c2ccccc2)cc1C(=O)NCc1ccc(C)n1C. The van der Waals surface area contributed by atoms with Gasteiger partial charge in [0, 0.05) is 30.2 Å². The molecule has 5 heteroatoms. The quantitative estimate of drug-likeness (QED) is 0.554. The van der Waals surface area contributed by atoms with Crippen LogP contribution in [0.2, 0.25) is 0 Å². The highest BCUT2D eigenvalue weighted by atomic mass is 16.1. The summed E-state index contributed by atoms with van der Waals surface area (Å²) in [5, 5.41) is 7.81. The topological polar surface area (TPSA) is 51.9 Å². The van der Waals surface area contributed by atoms with Crippen LogP contribution in [0.1, 0.15) is 27.3 Å². The van der Waals surface area contributed by atoms with Gasteiger partial charge < -0.3 is 9.88 Å². The Kier molecular flexibility index (Phi) is 5.04. The van der Waals surface area contributed by atoms with E-state index in [1.54, 1.807) is 4.68 Å². The summed E-state index contributed by atoms with van der Waals surface area (Å²) in [6, 6.07) is 21.9. The minimum Gasteiger partial charge on any atom is -0.350 e. The van der Waals surface area contributed by atoms with Crippen LogP contribution in [-0.2, 0) is 13.6 Å². The molecule has 0 aliphatic carbocycles. The highest BCUT2D eigenvalue weighted by molar-refractivity contribution is 6.00. The Morgan fingerprint density at radius 2 is 1.69 bits per heavy atom. The Hall–Kier alpha value is -3.60. The van der Waals surface area contributed by atoms with Crippen LogP contribution >= 0.6 is 0 Å². The fraction of sp³-hybridized carbons (Fsp3) is 0.167. The number of amides is 1. The van der Waals surface area contributed by atoms with Gasteiger partial charge in [-0.15, -0.1) is 0 Å². The lowest BCUT2D eigenvalue weighted by Gasteiger charge is -2.08. The smallest absolute Gasteiger partial charge is 0.255 e. The lowest BCUT2D eigenvalue weighted by Crippen LogP contribution is -2.24. The maximum absolute atomic E-state index is 13.1. The molecule has 0 fully saturated rings. The first-order valence-corrected chi connectivity index (χ1v) is 9.65. The molecular weight excluding hydrogens is 360 g/mol. The fourth-order valence-electron chi connectivity index (χ4n) is 3.40. The largest absolute Gasteiger partial charge is 0.350 e. The van der Waals surface area contributed by atoms with E-state index in [0.717, 1.165) is 28.2 Å². The molecule has 146 valence electrons. The Bertz CT molecular complexity index is 1150. The first-order chi connectivity index (χ1) is 14.0. The summed E-state index contributed by atoms with van der Waals surface area (Å²) in [4.78, 5) is 13.1. The molecule has 0 aliphatic rings. The van der Waals surface area contributed by atoms with E-state index in [1.807, 2.05) is 93.8 Å². The number of hydrogen-bond acceptors (Lipinski definition) is 2. The monoisotopic (exact) mass is 384 g/mol. The van der Waals surface area contributed by atoms with Gasteiger partial charge in [-0.05, 0) is 43.7 Å². The molecule has 2 heterocycles. The molecule has 1 amide bonds. The molecule has 0 atom stereocenters. The fourth-order valence-corrected chi connectivity index (χ4v) is 3.40. The molecule has 29 heavy (non-hydrogen) atoms. The van der Waals surface area contributed by atoms with Crippen molar-refractivity contribution in [2.75, 3.05) is 0 Å². The normalized spacial score (nSPS) is 10.9. The summed E-state index contributed by atoms with van der Waals surface area (Å²) in [5.74, 6) is -0.135. The minimum atomic E-state index is -0.135. The summed E-state index contributed by atoms with van der Waals surface area (Å²) in [6.07, 6.45) is 1.81. The average molecular weight is 384 g/mol. The second-order valence-corrected chi connectivity index (χ2v) is 7.19. The summed E-state index contributed by atoms with van der Waals surface area (Å²) >= 11 is 0. The Labute approximate surface area is 170 Å². The Morgan fingerprint density at radius 3 is 2.38 bits per heavy atom. The lowest BCUT2D eigenvalue weighted by atomic mass is 10.0. The number of nitrogens with one attached hydrogen (secondary N) is 1. The molecule has 2 aromatic heterocycles. The maximum Gasteiger partial charge on any atom is 0.255 e. The van der Waals surface area contributed by atoms with Gasteiger partial charge in [0.15, 0.2) is 0 Å². The number of para-hydroxylation sites is 1. The highest BCUT2D eigenvalue weighted by Gasteiger charge is 2.20. The molecule has 1 N–H and O–H groups in total. The van der Waals surface area contributed by atoms with Gasteiger partial charge in [0.05, 0.1) is 17.8 Å². The molecule has 0 saturated carbocycles. The van der Waals surface area contributed by atoms with Gasteiger partial charge in [-0.2, -0.15) is 5.10 Å². The minimum absolute atomic E-state index is 0.135. The molecule has 0 radical (unpaired) electrons. The molecule has 0 unspecified atom stereocenters. The zero-order chi connectivity index (χ0) is 20.4. The van der Waals surface area contributed by atoms with Crippen LogP contribution < -0.4 is 5.32 Å². The van der Waals surface area contributed by atoms with Crippen LogP contribution in [0.25, 0.3) is 16.9 Å². The van der Waals surface area contributed by atoms with Crippen molar-refractivity contribution in [3.05, 3.63) is 95.4 Å². The molecule has 4 aromatic rings. The van der Waals surface area contributed by atoms with E-state index < -0.39 is 0 Å². The van der Waals surface area contributed by atoms with E-state index >= 15 is 0 Å². The Balaban J connectivity index is 1.70. The number of rotatable bonds is 5. The molecule has 0 saturated heterocycles. The molecule has 0 aliphatic heterocycles. The second-order valence-electron chi connectivity index (χ2n) is 7.19. The van der Waals surface area contributed by atoms with Crippen molar-refractivity contribution < 1.29 is 4.79 Å². The average Bonchev–Trinajstić information content (AvgIpc) is 3.32. The standard InChI is InChI=1S/C24H24N4O/c1-17-9-7-8-12-21(17)23-22(16-28(26-23)19-10-5-4-6-11-19)24(29)25-15-20-14-13-18(2)27(20)3/h4-14,16H,15H2,1-3H3,(H,25,29). The molecule has 5 nitrogen and oxygen atoms in total. The maximum atomic E-state index is 13.1. The van der Waals surface area contributed by atoms with Crippen molar-refractivity contribution in [2.45, 2.75) is 20.4 Å². The van der Waals surface area contributed by atoms with E-state index in [9.17, 15) is 4.79 Å². The van der Waals surface area contributed by atoms with E-state index in [0.29, 0.717) is 17.8 Å². The van der Waals surface area contributed by atoms with E-state index in [-0.39, 0.29) is 5.91 Å². The van der Waals surface area contributed by atoms with Crippen LogP contribution in [0.15, 0.2) is 72.9 Å². The second kappa shape index (κ2) is 7.80. The van der Waals surface area contributed by atoms with E-state index in [1.165, 1.54) is 0 Å². The predicted molar refractivity (Wildman–Crippen MR) is 115 cm³/mol. The third-order valence-corrected chi connectivity index (χ3v) is 5.29. The molecule has 0 bridgehead atoms.